The second-order valence-electron chi connectivity index (χ2n) is 14.8. The third-order valence-corrected chi connectivity index (χ3v) is 13.9. The maximum absolute atomic E-state index is 6.51. The van der Waals surface area contributed by atoms with Gasteiger partial charge >= 0.3 is 0 Å². The van der Waals surface area contributed by atoms with Gasteiger partial charge in [-0.25, -0.2) is 0 Å². The van der Waals surface area contributed by atoms with Crippen LogP contribution in [0, 0.1) is 0 Å². The summed E-state index contributed by atoms with van der Waals surface area (Å²) >= 11 is 3.75. The van der Waals surface area contributed by atoms with E-state index in [1.165, 1.54) is 57.2 Å². The van der Waals surface area contributed by atoms with Gasteiger partial charge in [-0.15, -0.1) is 22.7 Å². The number of anilines is 3. The van der Waals surface area contributed by atoms with Crippen LogP contribution < -0.4 is 4.90 Å². The van der Waals surface area contributed by atoms with E-state index in [4.69, 9.17) is 4.42 Å². The van der Waals surface area contributed by atoms with Crippen LogP contribution in [0.3, 0.4) is 0 Å². The van der Waals surface area contributed by atoms with E-state index in [0.717, 1.165) is 55.6 Å². The van der Waals surface area contributed by atoms with E-state index < -0.39 is 0 Å². The first kappa shape index (κ1) is 33.2. The highest BCUT2D eigenvalue weighted by Crippen LogP contribution is 2.48. The van der Waals surface area contributed by atoms with Gasteiger partial charge in [0.1, 0.15) is 11.2 Å². The normalized spacial score (nSPS) is 11.8. The number of nitrogens with zero attached hydrogens (tertiary/aromatic N) is 1. The molecule has 272 valence electrons. The molecule has 4 heteroatoms. The first-order chi connectivity index (χ1) is 28.7. The Balaban J connectivity index is 1.01. The zero-order valence-corrected chi connectivity index (χ0v) is 32.9. The predicted octanol–water partition coefficient (Wildman–Crippen LogP) is 16.8. The first-order valence-electron chi connectivity index (χ1n) is 19.6. The monoisotopic (exact) mass is 775 g/mol. The fraction of sp³-hybridized carbons (Fsp3) is 0. The summed E-state index contributed by atoms with van der Waals surface area (Å²) in [6.45, 7) is 0. The van der Waals surface area contributed by atoms with Crippen molar-refractivity contribution in [1.82, 2.24) is 0 Å². The van der Waals surface area contributed by atoms with Crippen LogP contribution >= 0.6 is 22.7 Å². The number of thiophene rings is 2. The van der Waals surface area contributed by atoms with Gasteiger partial charge in [0.15, 0.2) is 0 Å². The quantitative estimate of drug-likeness (QED) is 0.167. The summed E-state index contributed by atoms with van der Waals surface area (Å²) in [6.07, 6.45) is 0. The highest BCUT2D eigenvalue weighted by Gasteiger charge is 2.21. The van der Waals surface area contributed by atoms with Gasteiger partial charge in [0.25, 0.3) is 0 Å². The van der Waals surface area contributed by atoms with Crippen molar-refractivity contribution in [3.05, 3.63) is 200 Å². The van der Waals surface area contributed by atoms with Gasteiger partial charge in [0.2, 0.25) is 0 Å². The van der Waals surface area contributed by atoms with Crippen molar-refractivity contribution in [3.63, 3.8) is 0 Å². The third-order valence-electron chi connectivity index (χ3n) is 11.5. The number of benzene rings is 9. The van der Waals surface area contributed by atoms with Crippen LogP contribution in [-0.4, -0.2) is 0 Å². The molecule has 3 aromatic heterocycles. The minimum absolute atomic E-state index is 0.897. The Morgan fingerprint density at radius 1 is 0.345 bits per heavy atom. The summed E-state index contributed by atoms with van der Waals surface area (Å²) < 4.78 is 11.7. The lowest BCUT2D eigenvalue weighted by Crippen LogP contribution is -2.09. The van der Waals surface area contributed by atoms with Crippen LogP contribution in [0.4, 0.5) is 17.1 Å². The molecule has 0 unspecified atom stereocenters. The number of hydrogen-bond acceptors (Lipinski definition) is 4. The third kappa shape index (κ3) is 5.30. The van der Waals surface area contributed by atoms with Crippen LogP contribution in [0.25, 0.3) is 95.7 Å². The Morgan fingerprint density at radius 2 is 0.966 bits per heavy atom. The molecule has 0 aliphatic rings. The van der Waals surface area contributed by atoms with Crippen molar-refractivity contribution in [2.75, 3.05) is 4.90 Å². The fourth-order valence-corrected chi connectivity index (χ4v) is 11.2. The Labute approximate surface area is 343 Å². The van der Waals surface area contributed by atoms with Crippen molar-refractivity contribution in [1.29, 1.82) is 0 Å². The Kier molecular flexibility index (Phi) is 7.62. The number of fused-ring (bicyclic) bond motifs is 9. The summed E-state index contributed by atoms with van der Waals surface area (Å²) in [6, 6.07) is 72.5. The van der Waals surface area contributed by atoms with Gasteiger partial charge in [-0.2, -0.15) is 0 Å². The van der Waals surface area contributed by atoms with Crippen LogP contribution in [0.5, 0.6) is 0 Å². The molecule has 0 spiro atoms. The molecule has 3 heterocycles. The molecular weight excluding hydrogens is 743 g/mol. The summed E-state index contributed by atoms with van der Waals surface area (Å²) in [4.78, 5) is 2.45. The maximum atomic E-state index is 6.51. The van der Waals surface area contributed by atoms with E-state index in [-0.39, 0.29) is 0 Å². The number of hydrogen-bond donors (Lipinski definition) is 0. The molecule has 0 aliphatic heterocycles. The van der Waals surface area contributed by atoms with Gasteiger partial charge in [-0.05, 0) is 76.3 Å². The van der Waals surface area contributed by atoms with E-state index in [2.05, 4.69) is 205 Å². The Morgan fingerprint density at radius 3 is 1.78 bits per heavy atom. The van der Waals surface area contributed by atoms with Crippen LogP contribution in [0.15, 0.2) is 205 Å². The average Bonchev–Trinajstić information content (AvgIpc) is 3.99. The lowest BCUT2D eigenvalue weighted by Gasteiger charge is -2.26. The average molecular weight is 776 g/mol. The van der Waals surface area contributed by atoms with Crippen LogP contribution in [0.1, 0.15) is 0 Å². The van der Waals surface area contributed by atoms with Gasteiger partial charge < -0.3 is 9.32 Å². The lowest BCUT2D eigenvalue weighted by molar-refractivity contribution is 0.670. The molecule has 0 radical (unpaired) electrons. The molecule has 0 aliphatic carbocycles. The summed E-state index contributed by atoms with van der Waals surface area (Å²) in [5.41, 5.74) is 12.3. The largest absolute Gasteiger partial charge is 0.455 e. The minimum Gasteiger partial charge on any atom is -0.455 e. The zero-order valence-electron chi connectivity index (χ0n) is 31.2. The molecule has 2 nitrogen and oxygen atoms in total. The molecule has 12 aromatic rings. The Bertz CT molecular complexity index is 3500. The van der Waals surface area contributed by atoms with Gasteiger partial charge in [-0.3, -0.25) is 0 Å². The fourth-order valence-electron chi connectivity index (χ4n) is 8.73. The number of para-hydroxylation sites is 1. The first-order valence-corrected chi connectivity index (χ1v) is 21.2. The van der Waals surface area contributed by atoms with Crippen molar-refractivity contribution in [2.24, 2.45) is 0 Å². The van der Waals surface area contributed by atoms with Crippen LogP contribution in [0.2, 0.25) is 0 Å². The standard InChI is InChI=1S/C54H33NOS2/c1-3-12-35(13-4-1)40-17-9-19-44-47-32-37(26-31-49(47)56-52(40)44)34-24-27-38(28-25-34)55(39-29-30-43-42-16-7-8-23-50(42)57-51(43)33-39)48-22-11-21-46-45-20-10-18-41(53(45)58-54(46)48)36-14-5-2-6-15-36/h1-33H. The van der Waals surface area contributed by atoms with E-state index in [1.54, 1.807) is 0 Å². The van der Waals surface area contributed by atoms with Crippen molar-refractivity contribution >= 4 is 102 Å². The molecule has 0 saturated heterocycles. The molecule has 0 amide bonds. The smallest absolute Gasteiger partial charge is 0.143 e. The van der Waals surface area contributed by atoms with Gasteiger partial charge in [0.05, 0.1) is 10.4 Å². The molecular formula is C54H33NOS2. The maximum Gasteiger partial charge on any atom is 0.143 e. The summed E-state index contributed by atoms with van der Waals surface area (Å²) in [5, 5.41) is 7.42. The van der Waals surface area contributed by atoms with E-state index in [0.29, 0.717) is 0 Å². The molecule has 12 rings (SSSR count). The zero-order chi connectivity index (χ0) is 38.2. The van der Waals surface area contributed by atoms with Crippen LogP contribution in [-0.2, 0) is 0 Å². The number of rotatable bonds is 6. The lowest BCUT2D eigenvalue weighted by atomic mass is 10.00. The molecule has 0 atom stereocenters. The van der Waals surface area contributed by atoms with E-state index >= 15 is 0 Å². The molecule has 58 heavy (non-hydrogen) atoms. The molecule has 0 bridgehead atoms. The van der Waals surface area contributed by atoms with Crippen molar-refractivity contribution in [2.45, 2.75) is 0 Å². The molecule has 0 N–H and O–H groups in total. The second-order valence-corrected chi connectivity index (χ2v) is 16.9. The Hall–Kier alpha value is -6.98. The minimum atomic E-state index is 0.897. The highest BCUT2D eigenvalue weighted by atomic mass is 32.1. The number of furan rings is 1. The van der Waals surface area contributed by atoms with Crippen molar-refractivity contribution in [3.8, 4) is 33.4 Å². The van der Waals surface area contributed by atoms with E-state index in [1.807, 2.05) is 22.7 Å². The topological polar surface area (TPSA) is 16.4 Å². The highest BCUT2D eigenvalue weighted by molar-refractivity contribution is 7.27. The molecule has 0 saturated carbocycles. The second kappa shape index (κ2) is 13.3. The molecule has 0 fully saturated rings. The molecule has 9 aromatic carbocycles. The summed E-state index contributed by atoms with van der Waals surface area (Å²) in [5.74, 6) is 0. The van der Waals surface area contributed by atoms with E-state index in [9.17, 15) is 0 Å². The van der Waals surface area contributed by atoms with Crippen molar-refractivity contribution < 1.29 is 4.42 Å². The predicted molar refractivity (Wildman–Crippen MR) is 250 cm³/mol. The SMILES string of the molecule is c1ccc(-c2cccc3c2oc2ccc(-c4ccc(N(c5ccc6c(c5)sc5ccccc56)c5cccc6c5sc5c(-c7ccccc7)cccc56)cc4)cc23)cc1. The van der Waals surface area contributed by atoms with Gasteiger partial charge in [-0.1, -0.05) is 152 Å². The van der Waals surface area contributed by atoms with Gasteiger partial charge in [0, 0.05) is 63.4 Å². The summed E-state index contributed by atoms with van der Waals surface area (Å²) in [7, 11) is 0.